The molecule has 0 aliphatic heterocycles. The number of anilines is 1. The highest BCUT2D eigenvalue weighted by atomic mass is 19.4. The summed E-state index contributed by atoms with van der Waals surface area (Å²) in [7, 11) is 1.63. The lowest BCUT2D eigenvalue weighted by atomic mass is 10.1. The highest BCUT2D eigenvalue weighted by Crippen LogP contribution is 2.33. The van der Waals surface area contributed by atoms with Crippen molar-refractivity contribution in [2.75, 3.05) is 5.32 Å². The Morgan fingerprint density at radius 3 is 2.53 bits per heavy atom. The van der Waals surface area contributed by atoms with Crippen LogP contribution in [0.1, 0.15) is 35.6 Å². The van der Waals surface area contributed by atoms with E-state index in [0.717, 1.165) is 24.6 Å². The molecule has 0 bridgehead atoms. The number of nitrogens with zero attached hydrogens (tertiary/aromatic N) is 3. The number of benzene rings is 2. The van der Waals surface area contributed by atoms with Gasteiger partial charge in [-0.1, -0.05) is 25.1 Å². The summed E-state index contributed by atoms with van der Waals surface area (Å²) in [6, 6.07) is 8.70. The number of hydrogen-bond acceptors (Lipinski definition) is 4. The SMILES string of the molecule is CCc1nc(-c2cc(O[C@@H](C)C(F)(F)F)c(C(=O)Nc3ccccc3C)cc2F)nn1C. The standard InChI is InChI=1S/C22H22F4N4O2/c1-5-19-28-20(29-30(19)4)14-11-18(32-13(3)22(24,25)26)15(10-16(14)23)21(31)27-17-9-7-6-8-12(17)2/h6-11,13H,5H2,1-4H3,(H,27,31)/t13-/m0/s1. The Hall–Kier alpha value is -3.43. The minimum Gasteiger partial charge on any atom is -0.480 e. The first-order valence-electron chi connectivity index (χ1n) is 9.85. The van der Waals surface area contributed by atoms with Gasteiger partial charge in [0.2, 0.25) is 0 Å². The molecule has 1 N–H and O–H groups in total. The molecule has 0 fully saturated rings. The quantitative estimate of drug-likeness (QED) is 0.532. The Morgan fingerprint density at radius 2 is 1.94 bits per heavy atom. The molecule has 2 aromatic carbocycles. The van der Waals surface area contributed by atoms with Crippen LogP contribution in [0.5, 0.6) is 5.75 Å². The van der Waals surface area contributed by atoms with Crippen molar-refractivity contribution in [3.63, 3.8) is 0 Å². The van der Waals surface area contributed by atoms with E-state index in [2.05, 4.69) is 15.4 Å². The second-order valence-electron chi connectivity index (χ2n) is 7.23. The average Bonchev–Trinajstić information content (AvgIpc) is 3.10. The van der Waals surface area contributed by atoms with Crippen LogP contribution >= 0.6 is 0 Å². The number of rotatable bonds is 6. The molecule has 0 spiro atoms. The number of aromatic nitrogens is 3. The Morgan fingerprint density at radius 1 is 1.25 bits per heavy atom. The van der Waals surface area contributed by atoms with Gasteiger partial charge in [0.15, 0.2) is 11.9 Å². The van der Waals surface area contributed by atoms with Crippen molar-refractivity contribution in [3.8, 4) is 17.1 Å². The fourth-order valence-corrected chi connectivity index (χ4v) is 3.00. The molecule has 32 heavy (non-hydrogen) atoms. The van der Waals surface area contributed by atoms with E-state index in [9.17, 15) is 22.4 Å². The maximum Gasteiger partial charge on any atom is 0.425 e. The number of hydrogen-bond donors (Lipinski definition) is 1. The number of para-hydroxylation sites is 1. The molecule has 1 aromatic heterocycles. The summed E-state index contributed by atoms with van der Waals surface area (Å²) in [6.45, 7) is 4.39. The van der Waals surface area contributed by atoms with Gasteiger partial charge in [-0.3, -0.25) is 9.48 Å². The van der Waals surface area contributed by atoms with Gasteiger partial charge in [0, 0.05) is 19.2 Å². The van der Waals surface area contributed by atoms with Gasteiger partial charge in [0.1, 0.15) is 17.4 Å². The van der Waals surface area contributed by atoms with Crippen LogP contribution in [-0.2, 0) is 13.5 Å². The molecule has 0 aliphatic rings. The summed E-state index contributed by atoms with van der Waals surface area (Å²) in [6.07, 6.45) is -6.39. The van der Waals surface area contributed by atoms with Gasteiger partial charge in [-0.2, -0.15) is 18.3 Å². The van der Waals surface area contributed by atoms with Crippen LogP contribution in [0.2, 0.25) is 0 Å². The number of alkyl halides is 3. The third kappa shape index (κ3) is 4.90. The predicted octanol–water partition coefficient (Wildman–Crippen LogP) is 5.07. The molecular formula is C22H22F4N4O2. The smallest absolute Gasteiger partial charge is 0.425 e. The number of aryl methyl sites for hydroxylation is 3. The molecular weight excluding hydrogens is 428 g/mol. The van der Waals surface area contributed by atoms with Gasteiger partial charge in [0.05, 0.1) is 11.1 Å². The first kappa shape index (κ1) is 23.2. The fourth-order valence-electron chi connectivity index (χ4n) is 3.00. The molecule has 1 atom stereocenters. The first-order chi connectivity index (χ1) is 15.0. The van der Waals surface area contributed by atoms with E-state index in [-0.39, 0.29) is 17.0 Å². The van der Waals surface area contributed by atoms with Crippen molar-refractivity contribution in [2.24, 2.45) is 7.05 Å². The molecule has 10 heteroatoms. The second-order valence-corrected chi connectivity index (χ2v) is 7.23. The van der Waals surface area contributed by atoms with Gasteiger partial charge in [-0.05, 0) is 37.6 Å². The zero-order valence-corrected chi connectivity index (χ0v) is 17.9. The average molecular weight is 450 g/mol. The Labute approximate surface area is 182 Å². The second kappa shape index (κ2) is 8.97. The lowest BCUT2D eigenvalue weighted by Gasteiger charge is -2.20. The summed E-state index contributed by atoms with van der Waals surface area (Å²) >= 11 is 0. The van der Waals surface area contributed by atoms with Crippen LogP contribution in [0, 0.1) is 12.7 Å². The topological polar surface area (TPSA) is 69.0 Å². The van der Waals surface area contributed by atoms with Gasteiger partial charge in [-0.15, -0.1) is 0 Å². The first-order valence-corrected chi connectivity index (χ1v) is 9.85. The molecule has 170 valence electrons. The Bertz CT molecular complexity index is 1140. The van der Waals surface area contributed by atoms with Crippen LogP contribution in [0.3, 0.4) is 0 Å². The normalized spacial score (nSPS) is 12.5. The molecule has 0 aliphatic carbocycles. The van der Waals surface area contributed by atoms with E-state index in [1.165, 1.54) is 4.68 Å². The van der Waals surface area contributed by atoms with Crippen LogP contribution in [-0.4, -0.2) is 33.0 Å². The summed E-state index contributed by atoms with van der Waals surface area (Å²) in [5, 5.41) is 6.71. The van der Waals surface area contributed by atoms with Gasteiger partial charge in [-0.25, -0.2) is 9.37 Å². The van der Waals surface area contributed by atoms with Crippen molar-refractivity contribution in [1.82, 2.24) is 14.8 Å². The van der Waals surface area contributed by atoms with Gasteiger partial charge >= 0.3 is 6.18 Å². The third-order valence-corrected chi connectivity index (χ3v) is 4.88. The molecule has 0 radical (unpaired) electrons. The molecule has 1 amide bonds. The largest absolute Gasteiger partial charge is 0.480 e. The van der Waals surface area contributed by atoms with E-state index in [1.54, 1.807) is 38.2 Å². The maximum absolute atomic E-state index is 15.0. The van der Waals surface area contributed by atoms with E-state index in [1.807, 2.05) is 6.92 Å². The van der Waals surface area contributed by atoms with Crippen molar-refractivity contribution in [3.05, 3.63) is 59.2 Å². The highest BCUT2D eigenvalue weighted by molar-refractivity contribution is 6.07. The number of halogens is 4. The minimum absolute atomic E-state index is 0.0165. The zero-order valence-electron chi connectivity index (χ0n) is 17.9. The number of carbonyl (C=O) groups is 1. The van der Waals surface area contributed by atoms with Crippen molar-refractivity contribution >= 4 is 11.6 Å². The Kier molecular flexibility index (Phi) is 6.52. The molecule has 0 saturated carbocycles. The number of ether oxygens (including phenoxy) is 1. The summed E-state index contributed by atoms with van der Waals surface area (Å²) in [4.78, 5) is 17.1. The highest BCUT2D eigenvalue weighted by Gasteiger charge is 2.39. The third-order valence-electron chi connectivity index (χ3n) is 4.88. The number of carbonyl (C=O) groups excluding carboxylic acids is 1. The lowest BCUT2D eigenvalue weighted by molar-refractivity contribution is -0.189. The number of amides is 1. The lowest BCUT2D eigenvalue weighted by Crippen LogP contribution is -2.32. The zero-order chi connectivity index (χ0) is 23.6. The number of nitrogens with one attached hydrogen (secondary N) is 1. The van der Waals surface area contributed by atoms with E-state index in [4.69, 9.17) is 4.74 Å². The molecule has 3 rings (SSSR count). The van der Waals surface area contributed by atoms with Crippen LogP contribution in [0.15, 0.2) is 36.4 Å². The summed E-state index contributed by atoms with van der Waals surface area (Å²) < 4.78 is 60.9. The van der Waals surface area contributed by atoms with E-state index < -0.39 is 29.8 Å². The van der Waals surface area contributed by atoms with Crippen molar-refractivity contribution in [1.29, 1.82) is 0 Å². The van der Waals surface area contributed by atoms with Crippen LogP contribution in [0.4, 0.5) is 23.2 Å². The molecule has 0 unspecified atom stereocenters. The molecule has 1 heterocycles. The Balaban J connectivity index is 2.07. The van der Waals surface area contributed by atoms with Gasteiger partial charge < -0.3 is 10.1 Å². The van der Waals surface area contributed by atoms with Crippen LogP contribution < -0.4 is 10.1 Å². The van der Waals surface area contributed by atoms with Crippen molar-refractivity contribution in [2.45, 2.75) is 39.5 Å². The fraction of sp³-hybridized carbons (Fsp3) is 0.318. The summed E-state index contributed by atoms with van der Waals surface area (Å²) in [5.74, 6) is -1.55. The molecule has 3 aromatic rings. The van der Waals surface area contributed by atoms with Crippen molar-refractivity contribution < 1.29 is 27.1 Å². The monoisotopic (exact) mass is 450 g/mol. The maximum atomic E-state index is 15.0. The van der Waals surface area contributed by atoms with E-state index in [0.29, 0.717) is 17.9 Å². The summed E-state index contributed by atoms with van der Waals surface area (Å²) in [5.41, 5.74) is 0.624. The predicted molar refractivity (Wildman–Crippen MR) is 111 cm³/mol. The van der Waals surface area contributed by atoms with Crippen LogP contribution in [0.25, 0.3) is 11.4 Å². The van der Waals surface area contributed by atoms with E-state index >= 15 is 0 Å². The minimum atomic E-state index is -4.68. The van der Waals surface area contributed by atoms with Gasteiger partial charge in [0.25, 0.3) is 5.91 Å². The molecule has 0 saturated heterocycles. The molecule has 6 nitrogen and oxygen atoms in total.